The Kier molecular flexibility index (Phi) is 11.2. The van der Waals surface area contributed by atoms with Crippen LogP contribution in [-0.2, 0) is 40.5 Å². The summed E-state index contributed by atoms with van der Waals surface area (Å²) in [6.45, 7) is 9.74. The van der Waals surface area contributed by atoms with Crippen molar-refractivity contribution in [1.29, 1.82) is 0 Å². The van der Waals surface area contributed by atoms with Crippen LogP contribution in [0.5, 0.6) is 11.6 Å². The predicted octanol–water partition coefficient (Wildman–Crippen LogP) is 5.23. The number of ketones is 1. The lowest BCUT2D eigenvalue weighted by Gasteiger charge is -2.35. The molecular weight excluding hydrogens is 751 g/mol. The number of carbonyl (C=O) groups is 4. The molecule has 13 nitrogen and oxygen atoms in total. The average Bonchev–Trinajstić information content (AvgIpc) is 4.05. The quantitative estimate of drug-likeness (QED) is 0.276. The van der Waals surface area contributed by atoms with E-state index in [0.29, 0.717) is 48.8 Å². The highest BCUT2D eigenvalue weighted by Crippen LogP contribution is 2.57. The second-order valence-electron chi connectivity index (χ2n) is 17.7. The highest BCUT2D eigenvalue weighted by molar-refractivity contribution is 7.90. The third-order valence-electron chi connectivity index (χ3n) is 12.8. The minimum Gasteiger partial charge on any atom is -0.497 e. The fourth-order valence-electron chi connectivity index (χ4n) is 9.03. The fourth-order valence-corrected chi connectivity index (χ4v) is 10.4. The number of rotatable bonds is 8. The summed E-state index contributed by atoms with van der Waals surface area (Å²) < 4.78 is 47.6. The predicted molar refractivity (Wildman–Crippen MR) is 213 cm³/mol. The molecule has 3 aliphatic carbocycles. The first-order chi connectivity index (χ1) is 27.0. The van der Waals surface area contributed by atoms with Gasteiger partial charge < -0.3 is 19.1 Å². The van der Waals surface area contributed by atoms with Gasteiger partial charge in [0.1, 0.15) is 18.0 Å². The van der Waals surface area contributed by atoms with Crippen molar-refractivity contribution in [3.8, 4) is 11.6 Å². The van der Waals surface area contributed by atoms with Crippen LogP contribution in [-0.4, -0.2) is 78.6 Å². The Bertz CT molecular complexity index is 2150. The maximum absolute atomic E-state index is 14.8. The average molecular weight is 806 g/mol. The lowest BCUT2D eigenvalue weighted by atomic mass is 9.77. The Morgan fingerprint density at radius 3 is 2.53 bits per heavy atom. The van der Waals surface area contributed by atoms with Gasteiger partial charge in [-0.15, -0.1) is 6.58 Å². The van der Waals surface area contributed by atoms with Crippen LogP contribution >= 0.6 is 0 Å². The number of esters is 1. The third-order valence-corrected chi connectivity index (χ3v) is 14.6. The summed E-state index contributed by atoms with van der Waals surface area (Å²) >= 11 is 0. The van der Waals surface area contributed by atoms with Crippen LogP contribution < -0.4 is 19.8 Å². The number of ether oxygens (including phenoxy) is 3. The highest BCUT2D eigenvalue weighted by atomic mass is 32.2. The van der Waals surface area contributed by atoms with Gasteiger partial charge in [0.15, 0.2) is 11.7 Å². The number of aromatic nitrogens is 1. The summed E-state index contributed by atoms with van der Waals surface area (Å²) in [7, 11) is -2.33. The summed E-state index contributed by atoms with van der Waals surface area (Å²) in [5.41, 5.74) is -2.28. The molecule has 7 atom stereocenters. The smallest absolute Gasteiger partial charge is 0.306 e. The van der Waals surface area contributed by atoms with Crippen molar-refractivity contribution in [2.75, 3.05) is 13.7 Å². The van der Waals surface area contributed by atoms with Gasteiger partial charge in [-0.1, -0.05) is 39.0 Å². The van der Waals surface area contributed by atoms with Gasteiger partial charge in [0.2, 0.25) is 21.8 Å². The summed E-state index contributed by atoms with van der Waals surface area (Å²) in [6.07, 6.45) is 9.23. The SMILES string of the molecule is C=C[C@@H]1C[C@]1(CC(=O)[C@@H]1C[C@@H]2CN1C(=O)[C@H](C(C)(C)C)CC(=O)O[C@@H]1CCC[C@H]1C/C=C/CCn1c(cc3cc(OC)ccc3c1=O)O2)C(=O)NS(=O)(=O)C1CC1. The molecule has 0 spiro atoms. The second-order valence-corrected chi connectivity index (χ2v) is 19.7. The molecule has 14 heteroatoms. The molecule has 7 rings (SSSR count). The Hall–Kier alpha value is -4.46. The van der Waals surface area contributed by atoms with Crippen molar-refractivity contribution in [2.24, 2.45) is 28.6 Å². The highest BCUT2D eigenvalue weighted by Gasteiger charge is 2.61. The molecule has 3 saturated carbocycles. The molecule has 4 fully saturated rings. The van der Waals surface area contributed by atoms with Gasteiger partial charge in [0.25, 0.3) is 5.56 Å². The van der Waals surface area contributed by atoms with Gasteiger partial charge in [-0.2, -0.15) is 0 Å². The Balaban J connectivity index is 1.26. The molecule has 2 aromatic rings. The molecule has 5 aliphatic rings. The van der Waals surface area contributed by atoms with Crippen LogP contribution in [0.3, 0.4) is 0 Å². The van der Waals surface area contributed by atoms with E-state index < -0.39 is 73.7 Å². The lowest BCUT2D eigenvalue weighted by molar-refractivity contribution is -0.158. The van der Waals surface area contributed by atoms with E-state index in [9.17, 15) is 32.4 Å². The van der Waals surface area contributed by atoms with E-state index >= 15 is 0 Å². The van der Waals surface area contributed by atoms with Crippen LogP contribution in [0.4, 0.5) is 0 Å². The Morgan fingerprint density at radius 1 is 1.07 bits per heavy atom. The van der Waals surface area contributed by atoms with E-state index in [-0.39, 0.29) is 55.7 Å². The summed E-state index contributed by atoms with van der Waals surface area (Å²) in [6, 6.07) is 5.94. The number of carbonyl (C=O) groups excluding carboxylic acids is 4. The maximum Gasteiger partial charge on any atom is 0.306 e. The van der Waals surface area contributed by atoms with Crippen LogP contribution in [0.1, 0.15) is 91.4 Å². The second kappa shape index (κ2) is 15.7. The molecule has 0 radical (unpaired) electrons. The first kappa shape index (κ1) is 40.7. The number of methoxy groups -OCH3 is 1. The summed E-state index contributed by atoms with van der Waals surface area (Å²) in [5, 5.41) is 0.473. The van der Waals surface area contributed by atoms with Gasteiger partial charge in [0.05, 0.1) is 42.7 Å². The summed E-state index contributed by atoms with van der Waals surface area (Å²) in [5.74, 6) is -2.33. The number of fused-ring (bicyclic) bond motifs is 5. The van der Waals surface area contributed by atoms with Crippen LogP contribution in [0.2, 0.25) is 0 Å². The first-order valence-corrected chi connectivity index (χ1v) is 21.8. The molecule has 1 saturated heterocycles. The summed E-state index contributed by atoms with van der Waals surface area (Å²) in [4.78, 5) is 72.2. The zero-order valence-electron chi connectivity index (χ0n) is 33.4. The first-order valence-electron chi connectivity index (χ1n) is 20.3. The van der Waals surface area contributed by atoms with Crippen molar-refractivity contribution in [2.45, 2.75) is 121 Å². The third kappa shape index (κ3) is 8.42. The largest absolute Gasteiger partial charge is 0.497 e. The minimum atomic E-state index is -3.88. The number of nitrogens with zero attached hydrogens (tertiary/aromatic N) is 2. The number of amides is 2. The number of pyridine rings is 1. The Morgan fingerprint density at radius 2 is 1.84 bits per heavy atom. The van der Waals surface area contributed by atoms with Gasteiger partial charge in [-0.3, -0.25) is 33.3 Å². The normalized spacial score (nSPS) is 30.2. The molecule has 2 bridgehead atoms. The number of nitrogens with one attached hydrogen (secondary N) is 1. The van der Waals surface area contributed by atoms with Crippen molar-refractivity contribution >= 4 is 44.4 Å². The molecule has 2 amide bonds. The number of benzene rings is 1. The van der Waals surface area contributed by atoms with Crippen LogP contribution in [0, 0.1) is 28.6 Å². The lowest BCUT2D eigenvalue weighted by Crippen LogP contribution is -2.48. The van der Waals surface area contributed by atoms with Gasteiger partial charge in [-0.25, -0.2) is 8.42 Å². The molecule has 1 aromatic heterocycles. The van der Waals surface area contributed by atoms with Crippen molar-refractivity contribution in [1.82, 2.24) is 14.2 Å². The van der Waals surface area contributed by atoms with E-state index in [1.54, 1.807) is 42.0 Å². The van der Waals surface area contributed by atoms with E-state index in [4.69, 9.17) is 14.2 Å². The molecular formula is C43H55N3O10S. The number of hydrogen-bond donors (Lipinski definition) is 1. The number of hydrogen-bond acceptors (Lipinski definition) is 10. The van der Waals surface area contributed by atoms with Crippen molar-refractivity contribution in [3.05, 3.63) is 59.4 Å². The minimum absolute atomic E-state index is 0.0219. The maximum atomic E-state index is 14.8. The monoisotopic (exact) mass is 805 g/mol. The molecule has 3 heterocycles. The zero-order chi connectivity index (χ0) is 40.9. The van der Waals surface area contributed by atoms with Gasteiger partial charge in [-0.05, 0) is 92.2 Å². The van der Waals surface area contributed by atoms with Crippen LogP contribution in [0.25, 0.3) is 10.8 Å². The standard InChI is InChI=1S/C43H55N3O10S/c1-6-28-23-43(28,41(51)44-57(52,53)31-15-16-31)24-35(47)34-21-30-25-46(34)40(50)33(42(2,3)4)22-38(48)56-36-13-10-12-26(36)11-8-7-9-18-45-37(55-30)20-27-19-29(54-5)14-17-32(27)39(45)49/h6-8,14,17,19-20,26,28,30-31,33-34,36H,1,9-13,15-16,18,21-25H2,2-5H3,(H,44,51)/b8-7+/t26-,28-,30-,33-,34+,36-,43-/m1/s1. The molecule has 2 aliphatic heterocycles. The molecule has 1 N–H and O–H groups in total. The fraction of sp³-hybridized carbons (Fsp3) is 0.605. The topological polar surface area (TPSA) is 167 Å². The van der Waals surface area contributed by atoms with E-state index in [1.807, 2.05) is 26.8 Å². The van der Waals surface area contributed by atoms with E-state index in [0.717, 1.165) is 19.3 Å². The molecule has 308 valence electrons. The van der Waals surface area contributed by atoms with E-state index in [2.05, 4.69) is 17.4 Å². The molecule has 1 aromatic carbocycles. The zero-order valence-corrected chi connectivity index (χ0v) is 34.2. The Labute approximate surface area is 334 Å². The van der Waals surface area contributed by atoms with E-state index in [1.165, 1.54) is 4.90 Å². The molecule has 57 heavy (non-hydrogen) atoms. The number of allylic oxidation sites excluding steroid dienone is 3. The van der Waals surface area contributed by atoms with Gasteiger partial charge >= 0.3 is 5.97 Å². The van der Waals surface area contributed by atoms with Gasteiger partial charge in [0, 0.05) is 30.8 Å². The molecule has 0 unspecified atom stereocenters. The van der Waals surface area contributed by atoms with Crippen LogP contribution in [0.15, 0.2) is 53.9 Å². The number of sulfonamides is 1. The van der Waals surface area contributed by atoms with Crippen molar-refractivity contribution < 1.29 is 41.8 Å². The van der Waals surface area contributed by atoms with Crippen molar-refractivity contribution in [3.63, 3.8) is 0 Å². The number of Topliss-reactive ketones (excluding diaryl/α,β-unsaturated/α-hetero) is 1.